The molecule has 1 aromatic heterocycles. The Hall–Kier alpha value is -2.41. The van der Waals surface area contributed by atoms with Gasteiger partial charge in [0.15, 0.2) is 5.13 Å². The fraction of sp³-hybridized carbons (Fsp3) is 0.214. The van der Waals surface area contributed by atoms with Crippen LogP contribution in [-0.2, 0) is 0 Å². The summed E-state index contributed by atoms with van der Waals surface area (Å²) in [6, 6.07) is 7.83. The Morgan fingerprint density at radius 2 is 2.05 bits per heavy atom. The van der Waals surface area contributed by atoms with Crippen LogP contribution >= 0.6 is 11.3 Å². The first-order valence-electron chi connectivity index (χ1n) is 6.31. The zero-order valence-corrected chi connectivity index (χ0v) is 12.9. The molecule has 7 heteroatoms. The van der Waals surface area contributed by atoms with Gasteiger partial charge in [-0.25, -0.2) is 10.4 Å². The number of nitrogens with one attached hydrogen (secondary N) is 1. The number of nitrogens with two attached hydrogens (primary N) is 1. The van der Waals surface area contributed by atoms with Crippen LogP contribution in [0.15, 0.2) is 29.4 Å². The molecule has 0 aliphatic heterocycles. The topological polar surface area (TPSA) is 83.6 Å². The summed E-state index contributed by atoms with van der Waals surface area (Å²) in [5.41, 5.74) is 10.7. The average molecular weight is 303 g/mol. The molecule has 0 aliphatic carbocycles. The van der Waals surface area contributed by atoms with Crippen molar-refractivity contribution in [1.29, 1.82) is 0 Å². The minimum atomic E-state index is -0.303. The molecule has 2 aromatic rings. The van der Waals surface area contributed by atoms with Gasteiger partial charge in [0, 0.05) is 19.8 Å². The van der Waals surface area contributed by atoms with Crippen molar-refractivity contribution in [3.63, 3.8) is 0 Å². The van der Waals surface area contributed by atoms with Crippen molar-refractivity contribution in [2.75, 3.05) is 24.7 Å². The molecule has 1 heterocycles. The second-order valence-corrected chi connectivity index (χ2v) is 5.68. The fourth-order valence-corrected chi connectivity index (χ4v) is 2.43. The minimum absolute atomic E-state index is 0.303. The summed E-state index contributed by atoms with van der Waals surface area (Å²) in [6.45, 7) is 1.74. The first-order valence-corrected chi connectivity index (χ1v) is 7.12. The highest BCUT2D eigenvalue weighted by Crippen LogP contribution is 2.19. The van der Waals surface area contributed by atoms with Gasteiger partial charge >= 0.3 is 0 Å². The molecule has 110 valence electrons. The van der Waals surface area contributed by atoms with E-state index in [0.29, 0.717) is 15.7 Å². The number of carbonyl (C=O) groups is 1. The number of hydrazone groups is 1. The van der Waals surface area contributed by atoms with E-state index in [2.05, 4.69) is 15.5 Å². The summed E-state index contributed by atoms with van der Waals surface area (Å²) in [4.78, 5) is 18.4. The molecule has 0 atom stereocenters. The molecule has 2 rings (SSSR count). The van der Waals surface area contributed by atoms with Crippen molar-refractivity contribution < 1.29 is 4.79 Å². The van der Waals surface area contributed by atoms with Crippen molar-refractivity contribution in [3.8, 4) is 0 Å². The lowest BCUT2D eigenvalue weighted by molar-refractivity contribution is 0.0958. The molecule has 1 amide bonds. The van der Waals surface area contributed by atoms with Crippen LogP contribution in [-0.4, -0.2) is 31.2 Å². The third-order valence-corrected chi connectivity index (χ3v) is 3.79. The van der Waals surface area contributed by atoms with E-state index < -0.39 is 0 Å². The summed E-state index contributed by atoms with van der Waals surface area (Å²) in [7, 11) is 3.96. The number of aryl methyl sites for hydroxylation is 1. The summed E-state index contributed by atoms with van der Waals surface area (Å²) in [6.07, 6.45) is 1.59. The third kappa shape index (κ3) is 3.79. The molecule has 0 spiro atoms. The van der Waals surface area contributed by atoms with Crippen molar-refractivity contribution in [3.05, 3.63) is 40.4 Å². The monoisotopic (exact) mass is 303 g/mol. The molecule has 0 fully saturated rings. The molecular formula is C14H17N5OS. The van der Waals surface area contributed by atoms with Gasteiger partial charge < -0.3 is 10.6 Å². The van der Waals surface area contributed by atoms with Crippen LogP contribution in [0, 0.1) is 6.92 Å². The standard InChI is InChI=1S/C14H17N5OS/c1-9-12(21-14(15)17-9)13(20)18-16-8-10-4-6-11(7-5-10)19(2)3/h4-8H,1-3H3,(H2,15,17)(H,18,20). The summed E-state index contributed by atoms with van der Waals surface area (Å²) in [5.74, 6) is -0.303. The van der Waals surface area contributed by atoms with Crippen molar-refractivity contribution in [1.82, 2.24) is 10.4 Å². The van der Waals surface area contributed by atoms with Gasteiger partial charge in [0.05, 0.1) is 11.9 Å². The molecule has 6 nitrogen and oxygen atoms in total. The molecule has 0 saturated heterocycles. The van der Waals surface area contributed by atoms with E-state index in [9.17, 15) is 4.79 Å². The fourth-order valence-electron chi connectivity index (χ4n) is 1.70. The Morgan fingerprint density at radius 1 is 1.38 bits per heavy atom. The molecule has 3 N–H and O–H groups in total. The zero-order chi connectivity index (χ0) is 15.4. The molecule has 0 unspecified atom stereocenters. The molecule has 0 radical (unpaired) electrons. The lowest BCUT2D eigenvalue weighted by atomic mass is 10.2. The molecule has 0 aliphatic rings. The van der Waals surface area contributed by atoms with E-state index in [4.69, 9.17) is 5.73 Å². The van der Waals surface area contributed by atoms with Gasteiger partial charge in [0.2, 0.25) is 0 Å². The molecule has 0 bridgehead atoms. The minimum Gasteiger partial charge on any atom is -0.378 e. The number of aromatic nitrogens is 1. The van der Waals surface area contributed by atoms with Crippen molar-refractivity contribution in [2.24, 2.45) is 5.10 Å². The largest absolute Gasteiger partial charge is 0.378 e. The Labute approximate surface area is 127 Å². The Balaban J connectivity index is 1.99. The normalized spacial score (nSPS) is 10.8. The number of anilines is 2. The van der Waals surface area contributed by atoms with Gasteiger partial charge in [-0.3, -0.25) is 4.79 Å². The van der Waals surface area contributed by atoms with Crippen LogP contribution in [0.25, 0.3) is 0 Å². The van der Waals surface area contributed by atoms with Gasteiger partial charge in [-0.15, -0.1) is 0 Å². The number of hydrogen-bond donors (Lipinski definition) is 2. The molecule has 1 aromatic carbocycles. The quantitative estimate of drug-likeness (QED) is 0.667. The summed E-state index contributed by atoms with van der Waals surface area (Å²) in [5, 5.41) is 4.32. The Morgan fingerprint density at radius 3 is 2.57 bits per heavy atom. The van der Waals surface area contributed by atoms with Crippen LogP contribution in [0.1, 0.15) is 20.9 Å². The predicted octanol–water partition coefficient (Wildman–Crippen LogP) is 1.86. The Kier molecular flexibility index (Phi) is 4.54. The maximum Gasteiger partial charge on any atom is 0.283 e. The molecular weight excluding hydrogens is 286 g/mol. The first-order chi connectivity index (χ1) is 9.97. The average Bonchev–Trinajstić information content (AvgIpc) is 2.78. The molecule has 0 saturated carbocycles. The number of hydrogen-bond acceptors (Lipinski definition) is 6. The summed E-state index contributed by atoms with van der Waals surface area (Å²) < 4.78 is 0. The highest BCUT2D eigenvalue weighted by atomic mass is 32.1. The number of amides is 1. The van der Waals surface area contributed by atoms with Gasteiger partial charge in [0.1, 0.15) is 4.88 Å². The lowest BCUT2D eigenvalue weighted by Gasteiger charge is -2.11. The van der Waals surface area contributed by atoms with Crippen LogP contribution < -0.4 is 16.1 Å². The number of thiazole rings is 1. The van der Waals surface area contributed by atoms with E-state index in [-0.39, 0.29) is 5.91 Å². The van der Waals surface area contributed by atoms with E-state index >= 15 is 0 Å². The van der Waals surface area contributed by atoms with E-state index in [1.807, 2.05) is 43.3 Å². The van der Waals surface area contributed by atoms with Gasteiger partial charge in [-0.2, -0.15) is 5.10 Å². The van der Waals surface area contributed by atoms with Crippen LogP contribution in [0.3, 0.4) is 0 Å². The lowest BCUT2D eigenvalue weighted by Crippen LogP contribution is -2.17. The van der Waals surface area contributed by atoms with Crippen LogP contribution in [0.2, 0.25) is 0 Å². The predicted molar refractivity (Wildman–Crippen MR) is 87.1 cm³/mol. The SMILES string of the molecule is Cc1nc(N)sc1C(=O)NN=Cc1ccc(N(C)C)cc1. The molecule has 21 heavy (non-hydrogen) atoms. The van der Waals surface area contributed by atoms with Crippen molar-refractivity contribution in [2.45, 2.75) is 6.92 Å². The van der Waals surface area contributed by atoms with Crippen LogP contribution in [0.4, 0.5) is 10.8 Å². The Bertz CT molecular complexity index is 661. The van der Waals surface area contributed by atoms with Gasteiger partial charge in [0.25, 0.3) is 5.91 Å². The summed E-state index contributed by atoms with van der Waals surface area (Å²) >= 11 is 1.15. The van der Waals surface area contributed by atoms with Gasteiger partial charge in [-0.1, -0.05) is 23.5 Å². The van der Waals surface area contributed by atoms with E-state index in [1.165, 1.54) is 0 Å². The van der Waals surface area contributed by atoms with E-state index in [0.717, 1.165) is 22.6 Å². The number of benzene rings is 1. The second-order valence-electron chi connectivity index (χ2n) is 4.65. The highest BCUT2D eigenvalue weighted by Gasteiger charge is 2.13. The number of nitrogens with zero attached hydrogens (tertiary/aromatic N) is 3. The first kappa shape index (κ1) is 15.0. The van der Waals surface area contributed by atoms with E-state index in [1.54, 1.807) is 13.1 Å². The van der Waals surface area contributed by atoms with Crippen molar-refractivity contribution >= 4 is 34.3 Å². The second kappa shape index (κ2) is 6.36. The maximum atomic E-state index is 11.9. The highest BCUT2D eigenvalue weighted by molar-refractivity contribution is 7.17. The number of rotatable bonds is 4. The smallest absolute Gasteiger partial charge is 0.283 e. The maximum absolute atomic E-state index is 11.9. The number of nitrogen functional groups attached to an aromatic ring is 1. The number of carbonyl (C=O) groups excluding carboxylic acids is 1. The third-order valence-electron chi connectivity index (χ3n) is 2.81. The van der Waals surface area contributed by atoms with Crippen LogP contribution in [0.5, 0.6) is 0 Å². The zero-order valence-electron chi connectivity index (χ0n) is 12.1. The van der Waals surface area contributed by atoms with Gasteiger partial charge in [-0.05, 0) is 24.6 Å².